The minimum Gasteiger partial charge on any atom is -0.481 e. The molecule has 8 heteroatoms. The molecule has 1 aromatic heterocycles. The van der Waals surface area contributed by atoms with Crippen LogP contribution in [0.1, 0.15) is 18.5 Å². The van der Waals surface area contributed by atoms with Gasteiger partial charge in [-0.2, -0.15) is 0 Å². The van der Waals surface area contributed by atoms with E-state index in [4.69, 9.17) is 9.47 Å². The maximum atomic E-state index is 9.27. The summed E-state index contributed by atoms with van der Waals surface area (Å²) in [6, 6.07) is 5.65. The van der Waals surface area contributed by atoms with E-state index in [0.717, 1.165) is 31.7 Å². The molecule has 0 saturated carbocycles. The van der Waals surface area contributed by atoms with Crippen LogP contribution in [-0.2, 0) is 11.3 Å². The summed E-state index contributed by atoms with van der Waals surface area (Å²) in [5, 5.41) is 15.8. The number of methoxy groups -OCH3 is 1. The smallest absolute Gasteiger partial charge is 0.213 e. The second-order valence-corrected chi connectivity index (χ2v) is 5.73. The lowest BCUT2D eigenvalue weighted by molar-refractivity contribution is 0.127. The van der Waals surface area contributed by atoms with Gasteiger partial charge in [-0.05, 0) is 18.9 Å². The Kier molecular flexibility index (Phi) is 9.30. The number of ether oxygens (including phenoxy) is 2. The van der Waals surface area contributed by atoms with Crippen LogP contribution in [0, 0.1) is 5.41 Å². The fraction of sp³-hybridized carbons (Fsp3) is 0.625. The first-order valence-electron chi connectivity index (χ1n) is 7.84. The van der Waals surface area contributed by atoms with Gasteiger partial charge in [-0.25, -0.2) is 4.98 Å². The molecule has 1 unspecified atom stereocenters. The Morgan fingerprint density at radius 1 is 1.46 bits per heavy atom. The maximum absolute atomic E-state index is 9.27. The summed E-state index contributed by atoms with van der Waals surface area (Å²) in [5.74, 6) is 1.30. The lowest BCUT2D eigenvalue weighted by Crippen LogP contribution is -2.44. The second-order valence-electron chi connectivity index (χ2n) is 5.73. The first-order chi connectivity index (χ1) is 11.2. The molecule has 1 aliphatic heterocycles. The predicted octanol–water partition coefficient (Wildman–Crippen LogP) is 1.16. The van der Waals surface area contributed by atoms with Crippen LogP contribution in [-0.4, -0.2) is 56.6 Å². The molecule has 0 aliphatic carbocycles. The molecule has 3 N–H and O–H groups in total. The number of nitrogens with zero attached hydrogens (tertiary/aromatic N) is 2. The number of aliphatic hydroxyl groups excluding tert-OH is 1. The number of aliphatic hydroxyl groups is 1. The third-order valence-corrected chi connectivity index (χ3v) is 4.11. The summed E-state index contributed by atoms with van der Waals surface area (Å²) in [4.78, 5) is 8.59. The highest BCUT2D eigenvalue weighted by Crippen LogP contribution is 2.31. The lowest BCUT2D eigenvalue weighted by atomic mass is 9.84. The molecule has 1 aliphatic rings. The third-order valence-electron chi connectivity index (χ3n) is 4.11. The molecule has 1 aromatic rings. The van der Waals surface area contributed by atoms with Crippen LogP contribution >= 0.6 is 24.0 Å². The minimum absolute atomic E-state index is 0. The van der Waals surface area contributed by atoms with Gasteiger partial charge in [-0.15, -0.1) is 24.0 Å². The van der Waals surface area contributed by atoms with Gasteiger partial charge in [-0.1, -0.05) is 6.07 Å². The van der Waals surface area contributed by atoms with Gasteiger partial charge in [0, 0.05) is 38.3 Å². The topological polar surface area (TPSA) is 88.0 Å². The molecule has 0 amide bonds. The zero-order valence-corrected chi connectivity index (χ0v) is 16.6. The number of nitrogens with one attached hydrogen (secondary N) is 2. The van der Waals surface area contributed by atoms with Crippen molar-refractivity contribution in [2.45, 2.75) is 19.4 Å². The molecule has 0 bridgehead atoms. The molecular weight excluding hydrogens is 423 g/mol. The summed E-state index contributed by atoms with van der Waals surface area (Å²) in [7, 11) is 3.34. The number of aliphatic imine (C=N–C) groups is 1. The first-order valence-corrected chi connectivity index (χ1v) is 7.84. The number of guanidine groups is 1. The molecule has 7 nitrogen and oxygen atoms in total. The van der Waals surface area contributed by atoms with E-state index in [9.17, 15) is 5.11 Å². The normalized spacial score (nSPS) is 20.4. The monoisotopic (exact) mass is 450 g/mol. The van der Waals surface area contributed by atoms with Crippen molar-refractivity contribution in [3.05, 3.63) is 23.9 Å². The lowest BCUT2D eigenvalue weighted by Gasteiger charge is -2.27. The quantitative estimate of drug-likeness (QED) is 0.329. The molecule has 136 valence electrons. The van der Waals surface area contributed by atoms with Gasteiger partial charge < -0.3 is 25.2 Å². The van der Waals surface area contributed by atoms with E-state index in [-0.39, 0.29) is 36.0 Å². The van der Waals surface area contributed by atoms with Gasteiger partial charge in [0.05, 0.1) is 26.0 Å². The van der Waals surface area contributed by atoms with Crippen molar-refractivity contribution >= 4 is 29.9 Å². The van der Waals surface area contributed by atoms with Crippen molar-refractivity contribution in [2.75, 3.05) is 40.5 Å². The first kappa shape index (κ1) is 20.9. The van der Waals surface area contributed by atoms with E-state index in [2.05, 4.69) is 20.6 Å². The highest BCUT2D eigenvalue weighted by molar-refractivity contribution is 14.0. The fourth-order valence-electron chi connectivity index (χ4n) is 2.65. The van der Waals surface area contributed by atoms with E-state index in [1.54, 1.807) is 14.2 Å². The van der Waals surface area contributed by atoms with E-state index < -0.39 is 0 Å². The molecule has 1 fully saturated rings. The summed E-state index contributed by atoms with van der Waals surface area (Å²) < 4.78 is 10.6. The molecule has 0 spiro atoms. The number of pyridine rings is 1. The number of hydrogen-bond donors (Lipinski definition) is 3. The molecular formula is C16H27IN4O3. The van der Waals surface area contributed by atoms with E-state index >= 15 is 0 Å². The van der Waals surface area contributed by atoms with Crippen molar-refractivity contribution in [1.82, 2.24) is 15.6 Å². The highest BCUT2D eigenvalue weighted by Gasteiger charge is 2.34. The van der Waals surface area contributed by atoms with Crippen molar-refractivity contribution < 1.29 is 14.6 Å². The Balaban J connectivity index is 0.00000288. The predicted molar refractivity (Wildman–Crippen MR) is 104 cm³/mol. The van der Waals surface area contributed by atoms with Crippen molar-refractivity contribution in [1.29, 1.82) is 0 Å². The Hall–Kier alpha value is -1.13. The number of halogens is 1. The van der Waals surface area contributed by atoms with Gasteiger partial charge in [0.2, 0.25) is 5.88 Å². The maximum Gasteiger partial charge on any atom is 0.213 e. The van der Waals surface area contributed by atoms with E-state index in [0.29, 0.717) is 25.0 Å². The van der Waals surface area contributed by atoms with Gasteiger partial charge in [0.1, 0.15) is 0 Å². The molecule has 0 aromatic carbocycles. The second kappa shape index (κ2) is 10.7. The SMILES string of the molecule is CN=C(NCc1cccc(OC)n1)NCC1(CCO)CCOC1.I. The highest BCUT2D eigenvalue weighted by atomic mass is 127. The zero-order valence-electron chi connectivity index (χ0n) is 14.2. The van der Waals surface area contributed by atoms with Gasteiger partial charge in [0.15, 0.2) is 5.96 Å². The Morgan fingerprint density at radius 2 is 2.29 bits per heavy atom. The molecule has 2 rings (SSSR count). The number of hydrogen-bond acceptors (Lipinski definition) is 5. The average molecular weight is 450 g/mol. The molecule has 0 radical (unpaired) electrons. The summed E-state index contributed by atoms with van der Waals surface area (Å²) in [6.07, 6.45) is 1.68. The minimum atomic E-state index is -0.0133. The Labute approximate surface area is 160 Å². The molecule has 1 saturated heterocycles. The summed E-state index contributed by atoms with van der Waals surface area (Å²) >= 11 is 0. The van der Waals surface area contributed by atoms with Gasteiger partial charge in [0.25, 0.3) is 0 Å². The average Bonchev–Trinajstić information content (AvgIpc) is 3.04. The number of aromatic nitrogens is 1. The Morgan fingerprint density at radius 3 is 2.92 bits per heavy atom. The Bertz CT molecular complexity index is 522. The molecule has 24 heavy (non-hydrogen) atoms. The van der Waals surface area contributed by atoms with Crippen LogP contribution in [0.5, 0.6) is 5.88 Å². The number of rotatable bonds is 7. The zero-order chi connectivity index (χ0) is 16.5. The van der Waals surface area contributed by atoms with Crippen LogP contribution in [0.2, 0.25) is 0 Å². The largest absolute Gasteiger partial charge is 0.481 e. The van der Waals surface area contributed by atoms with Gasteiger partial charge >= 0.3 is 0 Å². The molecule has 2 heterocycles. The fourth-order valence-corrected chi connectivity index (χ4v) is 2.65. The van der Waals surface area contributed by atoms with Crippen molar-refractivity contribution in [3.8, 4) is 5.88 Å². The van der Waals surface area contributed by atoms with Crippen LogP contribution in [0.15, 0.2) is 23.2 Å². The van der Waals surface area contributed by atoms with Gasteiger partial charge in [-0.3, -0.25) is 4.99 Å². The molecule has 1 atom stereocenters. The summed E-state index contributed by atoms with van der Waals surface area (Å²) in [5.41, 5.74) is 0.863. The van der Waals surface area contributed by atoms with Crippen LogP contribution in [0.4, 0.5) is 0 Å². The van der Waals surface area contributed by atoms with E-state index in [1.165, 1.54) is 0 Å². The van der Waals surface area contributed by atoms with Crippen LogP contribution in [0.25, 0.3) is 0 Å². The standard InChI is InChI=1S/C16H26N4O3.HI/c1-17-15(18-10-13-4-3-5-14(20-13)22-2)19-11-16(6-8-21)7-9-23-12-16;/h3-5,21H,6-12H2,1-2H3,(H2,17,18,19);1H. The third kappa shape index (κ3) is 6.06. The van der Waals surface area contributed by atoms with Crippen molar-refractivity contribution in [3.63, 3.8) is 0 Å². The van der Waals surface area contributed by atoms with E-state index in [1.807, 2.05) is 18.2 Å². The van der Waals surface area contributed by atoms with Crippen molar-refractivity contribution in [2.24, 2.45) is 10.4 Å². The van der Waals surface area contributed by atoms with Crippen LogP contribution in [0.3, 0.4) is 0 Å². The van der Waals surface area contributed by atoms with Crippen LogP contribution < -0.4 is 15.4 Å². The summed E-state index contributed by atoms with van der Waals surface area (Å²) in [6.45, 7) is 2.88.